The molecule has 2 aromatic carbocycles. The van der Waals surface area contributed by atoms with Crippen molar-refractivity contribution in [3.8, 4) is 28.3 Å². The topological polar surface area (TPSA) is 44.8 Å². The Bertz CT molecular complexity index is 2080. The summed E-state index contributed by atoms with van der Waals surface area (Å²) in [5, 5.41) is 2.31. The Morgan fingerprint density at radius 3 is 1.79 bits per heavy atom. The molecule has 0 N–H and O–H groups in total. The largest absolute Gasteiger partial charge is 2.00 e. The van der Waals surface area contributed by atoms with Crippen LogP contribution in [0.25, 0.3) is 50.3 Å². The monoisotopic (exact) mass is 803 g/mol. The van der Waals surface area contributed by atoms with E-state index in [2.05, 4.69) is 160 Å². The van der Waals surface area contributed by atoms with Gasteiger partial charge >= 0.3 is 21.1 Å². The van der Waals surface area contributed by atoms with Crippen LogP contribution in [0.4, 0.5) is 0 Å². The molecule has 47 heavy (non-hydrogen) atoms. The molecule has 6 aromatic rings. The van der Waals surface area contributed by atoms with Crippen molar-refractivity contribution in [2.45, 2.75) is 105 Å². The molecular formula is C42H48N4Pt. The standard InChI is InChI=1S/C42H48N4.Pt/c1-39(2,3)28-13-16-35-32(24-28)31-14-15-33(44-38(31)46(35)37-18-17-36(45-37)42(10,11)12)26-21-27(23-30(22-26)41(7,8)9)34-25-29(19-20-43-34)40(4,5)6;/h13-20,22-25H,1-12H3;/q-2;+2. The van der Waals surface area contributed by atoms with E-state index in [4.69, 9.17) is 15.0 Å². The zero-order chi connectivity index (χ0) is 33.4. The Hall–Kier alpha value is -3.49. The molecule has 6 rings (SSSR count). The Morgan fingerprint density at radius 2 is 1.19 bits per heavy atom. The van der Waals surface area contributed by atoms with Gasteiger partial charge in [0.1, 0.15) is 0 Å². The van der Waals surface area contributed by atoms with Crippen LogP contribution in [0.15, 0.2) is 72.9 Å². The molecule has 4 nitrogen and oxygen atoms in total. The number of aromatic nitrogens is 4. The number of benzene rings is 2. The molecule has 0 amide bonds. The van der Waals surface area contributed by atoms with Crippen molar-refractivity contribution in [3.63, 3.8) is 0 Å². The summed E-state index contributed by atoms with van der Waals surface area (Å²) in [7, 11) is 0. The number of hydrogen-bond acceptors (Lipinski definition) is 2. The van der Waals surface area contributed by atoms with Crippen molar-refractivity contribution in [2.75, 3.05) is 0 Å². The normalized spacial score (nSPS) is 12.9. The van der Waals surface area contributed by atoms with E-state index in [0.717, 1.165) is 50.6 Å². The molecule has 246 valence electrons. The van der Waals surface area contributed by atoms with Gasteiger partial charge in [0.25, 0.3) is 0 Å². The summed E-state index contributed by atoms with van der Waals surface area (Å²) < 4.78 is 2.23. The van der Waals surface area contributed by atoms with Crippen molar-refractivity contribution < 1.29 is 21.1 Å². The van der Waals surface area contributed by atoms with Crippen molar-refractivity contribution in [3.05, 3.63) is 101 Å². The fourth-order valence-corrected chi connectivity index (χ4v) is 5.96. The van der Waals surface area contributed by atoms with Gasteiger partial charge in [0.05, 0.1) is 5.65 Å². The molecule has 0 spiro atoms. The Balaban J connectivity index is 0.00000433. The molecule has 0 aliphatic heterocycles. The van der Waals surface area contributed by atoms with E-state index in [1.165, 1.54) is 22.1 Å². The Labute approximate surface area is 295 Å². The zero-order valence-corrected chi connectivity index (χ0v) is 32.3. The predicted molar refractivity (Wildman–Crippen MR) is 194 cm³/mol. The Kier molecular flexibility index (Phi) is 8.81. The van der Waals surface area contributed by atoms with Gasteiger partial charge in [0.2, 0.25) is 0 Å². The summed E-state index contributed by atoms with van der Waals surface area (Å²) in [6.07, 6.45) is 1.92. The van der Waals surface area contributed by atoms with Crippen LogP contribution in [0, 0.1) is 6.07 Å². The van der Waals surface area contributed by atoms with Gasteiger partial charge < -0.3 is 9.55 Å². The SMILES string of the molecule is CC(C)(C)c1cc(-c2cc(C(C)(C)C)ccn2)[c-]c(-c2ccc3c4cc(C(C)(C)C)ccc4n(-c4ccc(C(C)(C)C)[n-]4)c3n2)c1.[Pt+2]. The van der Waals surface area contributed by atoms with Crippen molar-refractivity contribution >= 4 is 21.9 Å². The summed E-state index contributed by atoms with van der Waals surface area (Å²) in [5.74, 6) is 0.898. The first-order valence-corrected chi connectivity index (χ1v) is 16.5. The van der Waals surface area contributed by atoms with Crippen molar-refractivity contribution in [1.82, 2.24) is 19.5 Å². The second-order valence-electron chi connectivity index (χ2n) is 16.9. The van der Waals surface area contributed by atoms with E-state index in [1.54, 1.807) is 0 Å². The smallest absolute Gasteiger partial charge is 0.439 e. The van der Waals surface area contributed by atoms with E-state index < -0.39 is 0 Å². The molecule has 0 unspecified atom stereocenters. The first kappa shape index (κ1) is 34.8. The summed E-state index contributed by atoms with van der Waals surface area (Å²) in [5.41, 5.74) is 10.6. The number of fused-ring (bicyclic) bond motifs is 3. The first-order chi connectivity index (χ1) is 21.3. The minimum Gasteiger partial charge on any atom is -0.439 e. The fourth-order valence-electron chi connectivity index (χ4n) is 5.96. The maximum absolute atomic E-state index is 5.41. The van der Waals surface area contributed by atoms with Gasteiger partial charge in [0, 0.05) is 23.0 Å². The molecule has 0 aliphatic rings. The number of nitrogens with zero attached hydrogens (tertiary/aromatic N) is 4. The second kappa shape index (κ2) is 11.9. The molecule has 4 aromatic heterocycles. The van der Waals surface area contributed by atoms with Gasteiger partial charge in [-0.3, -0.25) is 9.97 Å². The summed E-state index contributed by atoms with van der Waals surface area (Å²) in [6.45, 7) is 26.9. The molecule has 0 bridgehead atoms. The minimum atomic E-state index is -0.0643. The van der Waals surface area contributed by atoms with Gasteiger partial charge in [-0.25, -0.2) is 0 Å². The first-order valence-electron chi connectivity index (χ1n) is 16.5. The van der Waals surface area contributed by atoms with Gasteiger partial charge in [-0.1, -0.05) is 154 Å². The Morgan fingerprint density at radius 1 is 0.574 bits per heavy atom. The zero-order valence-electron chi connectivity index (χ0n) is 30.0. The third-order valence-corrected chi connectivity index (χ3v) is 9.02. The second-order valence-corrected chi connectivity index (χ2v) is 16.9. The molecule has 0 fully saturated rings. The molecule has 0 saturated heterocycles. The van der Waals surface area contributed by atoms with Gasteiger partial charge in [-0.05, 0) is 49.8 Å². The predicted octanol–water partition coefficient (Wildman–Crippen LogP) is 10.9. The van der Waals surface area contributed by atoms with Crippen LogP contribution in [-0.2, 0) is 42.7 Å². The summed E-state index contributed by atoms with van der Waals surface area (Å²) >= 11 is 0. The number of pyridine rings is 2. The summed E-state index contributed by atoms with van der Waals surface area (Å²) in [4.78, 5) is 15.3. The molecule has 0 radical (unpaired) electrons. The molecule has 5 heteroatoms. The number of rotatable bonds is 3. The summed E-state index contributed by atoms with van der Waals surface area (Å²) in [6, 6.07) is 28.0. The molecule has 4 heterocycles. The fraction of sp³-hybridized carbons (Fsp3) is 0.381. The quantitative estimate of drug-likeness (QED) is 0.167. The third kappa shape index (κ3) is 6.77. The molecule has 0 atom stereocenters. The van der Waals surface area contributed by atoms with Crippen molar-refractivity contribution in [1.29, 1.82) is 0 Å². The average molecular weight is 804 g/mol. The van der Waals surface area contributed by atoms with Crippen molar-refractivity contribution in [2.24, 2.45) is 0 Å². The van der Waals surface area contributed by atoms with Crippen LogP contribution in [0.3, 0.4) is 0 Å². The van der Waals surface area contributed by atoms with E-state index in [9.17, 15) is 0 Å². The van der Waals surface area contributed by atoms with E-state index in [0.29, 0.717) is 0 Å². The molecule has 0 saturated carbocycles. The average Bonchev–Trinajstić information content (AvgIpc) is 3.58. The van der Waals surface area contributed by atoms with E-state index >= 15 is 0 Å². The van der Waals surface area contributed by atoms with Crippen LogP contribution in [0.1, 0.15) is 105 Å². The van der Waals surface area contributed by atoms with Gasteiger partial charge in [0.15, 0.2) is 0 Å². The van der Waals surface area contributed by atoms with Gasteiger partial charge in [-0.2, -0.15) is 0 Å². The van der Waals surface area contributed by atoms with Crippen LogP contribution in [0.5, 0.6) is 0 Å². The molecule has 0 aliphatic carbocycles. The van der Waals surface area contributed by atoms with Crippen LogP contribution < -0.4 is 4.98 Å². The third-order valence-electron chi connectivity index (χ3n) is 9.02. The van der Waals surface area contributed by atoms with Crippen LogP contribution in [-0.4, -0.2) is 14.5 Å². The van der Waals surface area contributed by atoms with E-state index in [-0.39, 0.29) is 42.7 Å². The van der Waals surface area contributed by atoms with Gasteiger partial charge in [-0.15, -0.1) is 23.8 Å². The minimum absolute atomic E-state index is 0. The number of hydrogen-bond donors (Lipinski definition) is 0. The van der Waals surface area contributed by atoms with Crippen LogP contribution >= 0.6 is 0 Å². The maximum atomic E-state index is 5.41. The van der Waals surface area contributed by atoms with Crippen LogP contribution in [0.2, 0.25) is 0 Å². The van der Waals surface area contributed by atoms with E-state index in [1.807, 2.05) is 6.20 Å². The maximum Gasteiger partial charge on any atom is 2.00 e. The molecular weight excluding hydrogens is 756 g/mol.